The highest BCUT2D eigenvalue weighted by atomic mass is 16.5. The second-order valence-corrected chi connectivity index (χ2v) is 9.01. The molecule has 0 saturated heterocycles. The molecular weight excluding hydrogens is 394 g/mol. The second-order valence-electron chi connectivity index (χ2n) is 9.01. The largest absolute Gasteiger partial charge is 0.496 e. The third-order valence-electron chi connectivity index (χ3n) is 5.72. The molecular formula is C23H29N5O3. The van der Waals surface area contributed by atoms with Gasteiger partial charge in [-0.2, -0.15) is 0 Å². The van der Waals surface area contributed by atoms with Crippen molar-refractivity contribution in [1.29, 1.82) is 0 Å². The summed E-state index contributed by atoms with van der Waals surface area (Å²) in [7, 11) is 1.65. The Morgan fingerprint density at radius 2 is 1.94 bits per heavy atom. The number of methoxy groups -OCH3 is 1. The fourth-order valence-corrected chi connectivity index (χ4v) is 3.97. The first-order valence-corrected chi connectivity index (χ1v) is 10.3. The quantitative estimate of drug-likeness (QED) is 0.433. The van der Waals surface area contributed by atoms with Crippen LogP contribution in [0.2, 0.25) is 0 Å². The van der Waals surface area contributed by atoms with Crippen molar-refractivity contribution >= 4 is 27.8 Å². The Hall–Kier alpha value is -3.13. The number of rotatable bonds is 5. The molecule has 0 radical (unpaired) electrons. The van der Waals surface area contributed by atoms with Crippen LogP contribution in [-0.4, -0.2) is 45.0 Å². The number of anilines is 1. The summed E-state index contributed by atoms with van der Waals surface area (Å²) in [6.07, 6.45) is 0. The van der Waals surface area contributed by atoms with Crippen LogP contribution < -0.4 is 10.1 Å². The molecule has 0 aliphatic rings. The van der Waals surface area contributed by atoms with Crippen molar-refractivity contribution in [2.75, 3.05) is 19.0 Å². The average Bonchev–Trinajstić information content (AvgIpc) is 3.22. The van der Waals surface area contributed by atoms with Crippen molar-refractivity contribution in [3.63, 3.8) is 0 Å². The maximum absolute atomic E-state index is 9.96. The Kier molecular flexibility index (Phi) is 5.13. The van der Waals surface area contributed by atoms with Gasteiger partial charge in [0.15, 0.2) is 0 Å². The normalized spacial score (nSPS) is 13.2. The number of aryl methyl sites for hydroxylation is 3. The number of benzene rings is 1. The molecule has 8 heteroatoms. The molecule has 0 aliphatic carbocycles. The number of fused-ring (bicyclic) bond motifs is 3. The van der Waals surface area contributed by atoms with Gasteiger partial charge >= 0.3 is 0 Å². The van der Waals surface area contributed by atoms with Gasteiger partial charge in [0.2, 0.25) is 0 Å². The number of hydrogen-bond donors (Lipinski definition) is 3. The fourth-order valence-electron chi connectivity index (χ4n) is 3.97. The minimum Gasteiger partial charge on any atom is -0.496 e. The number of hydrogen-bond acceptors (Lipinski definition) is 7. The lowest BCUT2D eigenvalue weighted by molar-refractivity contribution is 0.201. The van der Waals surface area contributed by atoms with E-state index in [1.54, 1.807) is 7.11 Å². The number of H-pyrrole nitrogens is 1. The van der Waals surface area contributed by atoms with Gasteiger partial charge in [-0.25, -0.2) is 9.97 Å². The molecule has 0 amide bonds. The SMILES string of the molecule is COc1cc2c(cc1-c1c(C)noc1C)[nH]c1nc(C)nc(N[C@H](CO)C(C)(C)C)c12. The molecule has 0 saturated carbocycles. The smallest absolute Gasteiger partial charge is 0.144 e. The highest BCUT2D eigenvalue weighted by Gasteiger charge is 2.26. The van der Waals surface area contributed by atoms with Crippen LogP contribution in [0.25, 0.3) is 33.1 Å². The van der Waals surface area contributed by atoms with Gasteiger partial charge in [0.1, 0.15) is 28.8 Å². The van der Waals surface area contributed by atoms with Crippen molar-refractivity contribution in [3.8, 4) is 16.9 Å². The van der Waals surface area contributed by atoms with Crippen molar-refractivity contribution < 1.29 is 14.4 Å². The molecule has 0 fully saturated rings. The summed E-state index contributed by atoms with van der Waals surface area (Å²) in [6.45, 7) is 11.9. The van der Waals surface area contributed by atoms with Crippen molar-refractivity contribution in [3.05, 3.63) is 29.4 Å². The maximum atomic E-state index is 9.96. The van der Waals surface area contributed by atoms with Crippen molar-refractivity contribution in [1.82, 2.24) is 20.1 Å². The molecule has 8 nitrogen and oxygen atoms in total. The van der Waals surface area contributed by atoms with Crippen LogP contribution in [0, 0.1) is 26.2 Å². The molecule has 4 rings (SSSR count). The molecule has 0 aliphatic heterocycles. The van der Waals surface area contributed by atoms with Gasteiger partial charge in [-0.15, -0.1) is 0 Å². The molecule has 1 aromatic carbocycles. The van der Waals surface area contributed by atoms with Gasteiger partial charge in [0.05, 0.1) is 36.4 Å². The van der Waals surface area contributed by atoms with E-state index < -0.39 is 0 Å². The van der Waals surface area contributed by atoms with Crippen molar-refractivity contribution in [2.45, 2.75) is 47.6 Å². The Morgan fingerprint density at radius 3 is 2.52 bits per heavy atom. The maximum Gasteiger partial charge on any atom is 0.144 e. The number of aliphatic hydroxyl groups is 1. The predicted octanol–water partition coefficient (Wildman–Crippen LogP) is 4.52. The van der Waals surface area contributed by atoms with Crippen LogP contribution in [0.1, 0.15) is 38.0 Å². The van der Waals surface area contributed by atoms with E-state index in [2.05, 4.69) is 46.2 Å². The first-order chi connectivity index (χ1) is 14.6. The van der Waals surface area contributed by atoms with E-state index in [0.717, 1.165) is 44.5 Å². The highest BCUT2D eigenvalue weighted by Crippen LogP contribution is 2.41. The Bertz CT molecular complexity index is 1250. The number of nitrogens with zero attached hydrogens (tertiary/aromatic N) is 3. The number of aromatic amines is 1. The van der Waals surface area contributed by atoms with Gasteiger partial charge in [-0.1, -0.05) is 25.9 Å². The van der Waals surface area contributed by atoms with Gasteiger partial charge in [0.25, 0.3) is 0 Å². The van der Waals surface area contributed by atoms with E-state index in [-0.39, 0.29) is 18.1 Å². The predicted molar refractivity (Wildman–Crippen MR) is 122 cm³/mol. The lowest BCUT2D eigenvalue weighted by Gasteiger charge is -2.30. The minimum atomic E-state index is -0.168. The molecule has 3 heterocycles. The first kappa shape index (κ1) is 21.1. The van der Waals surface area contributed by atoms with Crippen molar-refractivity contribution in [2.24, 2.45) is 5.41 Å². The third-order valence-corrected chi connectivity index (χ3v) is 5.72. The summed E-state index contributed by atoms with van der Waals surface area (Å²) < 4.78 is 11.1. The summed E-state index contributed by atoms with van der Waals surface area (Å²) >= 11 is 0. The minimum absolute atomic E-state index is 0.00406. The van der Waals surface area contributed by atoms with E-state index in [1.807, 2.05) is 32.9 Å². The number of ether oxygens (including phenoxy) is 1. The lowest BCUT2D eigenvalue weighted by atomic mass is 9.87. The Balaban J connectivity index is 1.97. The van der Waals surface area contributed by atoms with E-state index in [9.17, 15) is 5.11 Å². The van der Waals surface area contributed by atoms with Crippen LogP contribution in [0.15, 0.2) is 16.7 Å². The molecule has 31 heavy (non-hydrogen) atoms. The standard InChI is InChI=1S/C23H29N5O3/c1-11-19(12(2)31-28-11)15-8-16-14(9-17(15)30-7)20-21(26-16)24-13(3)25-22(20)27-18(10-29)23(4,5)6/h8-9,18,29H,10H2,1-7H3,(H2,24,25,26,27)/t18-/m1/s1. The third kappa shape index (κ3) is 3.61. The van der Waals surface area contributed by atoms with E-state index in [1.165, 1.54) is 0 Å². The van der Waals surface area contributed by atoms with Gasteiger partial charge in [-0.05, 0) is 38.3 Å². The van der Waals surface area contributed by atoms with E-state index in [0.29, 0.717) is 17.4 Å². The number of nitrogens with one attached hydrogen (secondary N) is 2. The Labute approximate surface area is 181 Å². The van der Waals surface area contributed by atoms with Gasteiger partial charge < -0.3 is 24.7 Å². The molecule has 3 N–H and O–H groups in total. The topological polar surface area (TPSA) is 109 Å². The molecule has 4 aromatic rings. The number of aliphatic hydroxyl groups excluding tert-OH is 1. The zero-order valence-corrected chi connectivity index (χ0v) is 19.0. The molecule has 0 bridgehead atoms. The summed E-state index contributed by atoms with van der Waals surface area (Å²) in [5, 5.41) is 19.3. The van der Waals surface area contributed by atoms with Crippen LogP contribution in [-0.2, 0) is 0 Å². The summed E-state index contributed by atoms with van der Waals surface area (Å²) in [6, 6.07) is 3.86. The molecule has 1 atom stereocenters. The number of aromatic nitrogens is 4. The lowest BCUT2D eigenvalue weighted by Crippen LogP contribution is -2.37. The fraction of sp³-hybridized carbons (Fsp3) is 0.435. The highest BCUT2D eigenvalue weighted by molar-refractivity contribution is 6.12. The van der Waals surface area contributed by atoms with Crippen LogP contribution in [0.3, 0.4) is 0 Å². The monoisotopic (exact) mass is 423 g/mol. The van der Waals surface area contributed by atoms with E-state index in [4.69, 9.17) is 9.26 Å². The van der Waals surface area contributed by atoms with Gasteiger partial charge in [-0.3, -0.25) is 0 Å². The average molecular weight is 424 g/mol. The molecule has 3 aromatic heterocycles. The second kappa shape index (κ2) is 7.53. The Morgan fingerprint density at radius 1 is 1.19 bits per heavy atom. The van der Waals surface area contributed by atoms with Crippen LogP contribution >= 0.6 is 0 Å². The van der Waals surface area contributed by atoms with Crippen LogP contribution in [0.4, 0.5) is 5.82 Å². The summed E-state index contributed by atoms with van der Waals surface area (Å²) in [5.74, 6) is 2.78. The van der Waals surface area contributed by atoms with Crippen LogP contribution in [0.5, 0.6) is 5.75 Å². The van der Waals surface area contributed by atoms with E-state index >= 15 is 0 Å². The summed E-state index contributed by atoms with van der Waals surface area (Å²) in [5.41, 5.74) is 4.12. The zero-order chi connectivity index (χ0) is 22.5. The molecule has 164 valence electrons. The molecule has 0 spiro atoms. The first-order valence-electron chi connectivity index (χ1n) is 10.3. The zero-order valence-electron chi connectivity index (χ0n) is 19.0. The molecule has 0 unspecified atom stereocenters. The van der Waals surface area contributed by atoms with Gasteiger partial charge in [0, 0.05) is 16.5 Å². The summed E-state index contributed by atoms with van der Waals surface area (Å²) in [4.78, 5) is 12.7.